The summed E-state index contributed by atoms with van der Waals surface area (Å²) in [6.07, 6.45) is 3.30. The molecule has 3 rings (SSSR count). The first-order valence-corrected chi connectivity index (χ1v) is 8.90. The van der Waals surface area contributed by atoms with Gasteiger partial charge in [-0.25, -0.2) is 4.79 Å². The van der Waals surface area contributed by atoms with Crippen molar-refractivity contribution in [3.05, 3.63) is 23.8 Å². The molecule has 0 saturated heterocycles. The van der Waals surface area contributed by atoms with Crippen LogP contribution in [0.1, 0.15) is 43.5 Å². The number of hydrogen-bond donors (Lipinski definition) is 1. The zero-order valence-electron chi connectivity index (χ0n) is 14.7. The number of esters is 1. The van der Waals surface area contributed by atoms with Crippen molar-refractivity contribution in [1.82, 2.24) is 5.32 Å². The molecule has 25 heavy (non-hydrogen) atoms. The Balaban J connectivity index is 1.51. The Morgan fingerprint density at radius 2 is 1.92 bits per heavy atom. The van der Waals surface area contributed by atoms with E-state index >= 15 is 0 Å². The Labute approximate surface area is 147 Å². The Morgan fingerprint density at radius 1 is 1.16 bits per heavy atom. The molecule has 6 nitrogen and oxygen atoms in total. The van der Waals surface area contributed by atoms with Crippen LogP contribution in [0.4, 0.5) is 0 Å². The van der Waals surface area contributed by atoms with Gasteiger partial charge in [0.25, 0.3) is 5.91 Å². The predicted octanol–water partition coefficient (Wildman–Crippen LogP) is 2.56. The number of nitrogens with one attached hydrogen (secondary N) is 1. The summed E-state index contributed by atoms with van der Waals surface area (Å²) in [7, 11) is 0. The maximum absolute atomic E-state index is 12.1. The fourth-order valence-corrected chi connectivity index (χ4v) is 3.42. The van der Waals surface area contributed by atoms with Crippen LogP contribution in [0.2, 0.25) is 0 Å². The third kappa shape index (κ3) is 4.24. The maximum atomic E-state index is 12.1. The van der Waals surface area contributed by atoms with E-state index in [-0.39, 0.29) is 18.6 Å². The highest BCUT2D eigenvalue weighted by Gasteiger charge is 2.28. The van der Waals surface area contributed by atoms with Crippen LogP contribution >= 0.6 is 0 Å². The number of carbonyl (C=O) groups excluding carboxylic acids is 2. The van der Waals surface area contributed by atoms with E-state index in [1.165, 1.54) is 6.42 Å². The van der Waals surface area contributed by atoms with Crippen LogP contribution in [-0.2, 0) is 9.53 Å². The molecule has 0 unspecified atom stereocenters. The number of carbonyl (C=O) groups is 2. The third-order valence-corrected chi connectivity index (χ3v) is 5.17. The topological polar surface area (TPSA) is 73.9 Å². The van der Waals surface area contributed by atoms with Crippen molar-refractivity contribution in [1.29, 1.82) is 0 Å². The molecule has 6 heteroatoms. The lowest BCUT2D eigenvalue weighted by atomic mass is 9.78. The number of benzene rings is 1. The second-order valence-electron chi connectivity index (χ2n) is 6.88. The highest BCUT2D eigenvalue weighted by atomic mass is 16.6. The minimum absolute atomic E-state index is 0.157. The molecule has 0 radical (unpaired) electrons. The second-order valence-corrected chi connectivity index (χ2v) is 6.88. The van der Waals surface area contributed by atoms with Crippen LogP contribution in [-0.4, -0.2) is 37.7 Å². The highest BCUT2D eigenvalue weighted by molar-refractivity contribution is 5.92. The first-order chi connectivity index (χ1) is 12.0. The molecule has 1 amide bonds. The van der Waals surface area contributed by atoms with Crippen molar-refractivity contribution in [3.63, 3.8) is 0 Å². The number of hydrogen-bond acceptors (Lipinski definition) is 5. The van der Waals surface area contributed by atoms with Gasteiger partial charge in [-0.05, 0) is 36.5 Å². The summed E-state index contributed by atoms with van der Waals surface area (Å²) in [6.45, 7) is 5.05. The van der Waals surface area contributed by atoms with Crippen molar-refractivity contribution >= 4 is 11.9 Å². The molecule has 1 fully saturated rings. The van der Waals surface area contributed by atoms with E-state index in [0.29, 0.717) is 42.1 Å². The van der Waals surface area contributed by atoms with Gasteiger partial charge in [0, 0.05) is 6.04 Å². The normalized spacial score (nSPS) is 25.1. The number of amides is 1. The van der Waals surface area contributed by atoms with Crippen LogP contribution < -0.4 is 14.8 Å². The fourth-order valence-electron chi connectivity index (χ4n) is 3.42. The lowest BCUT2D eigenvalue weighted by Gasteiger charge is -2.34. The molecule has 1 saturated carbocycles. The van der Waals surface area contributed by atoms with Crippen molar-refractivity contribution < 1.29 is 23.8 Å². The smallest absolute Gasteiger partial charge is 0.338 e. The number of ether oxygens (including phenoxy) is 3. The maximum Gasteiger partial charge on any atom is 0.338 e. The van der Waals surface area contributed by atoms with E-state index in [0.717, 1.165) is 12.8 Å². The van der Waals surface area contributed by atoms with Gasteiger partial charge in [-0.1, -0.05) is 26.7 Å². The van der Waals surface area contributed by atoms with E-state index < -0.39 is 5.97 Å². The van der Waals surface area contributed by atoms with Gasteiger partial charge in [0.15, 0.2) is 18.1 Å². The Hall–Kier alpha value is -2.24. The van der Waals surface area contributed by atoms with Crippen molar-refractivity contribution in [3.8, 4) is 11.5 Å². The monoisotopic (exact) mass is 347 g/mol. The minimum Gasteiger partial charge on any atom is -0.486 e. The molecule has 1 aliphatic carbocycles. The largest absolute Gasteiger partial charge is 0.486 e. The minimum atomic E-state index is -0.544. The van der Waals surface area contributed by atoms with Crippen LogP contribution in [0.5, 0.6) is 11.5 Å². The third-order valence-electron chi connectivity index (χ3n) is 5.17. The van der Waals surface area contributed by atoms with Gasteiger partial charge in [0.1, 0.15) is 13.2 Å². The Kier molecular flexibility index (Phi) is 5.46. The molecule has 3 atom stereocenters. The van der Waals surface area contributed by atoms with E-state index in [4.69, 9.17) is 14.2 Å². The van der Waals surface area contributed by atoms with Crippen LogP contribution in [0, 0.1) is 11.8 Å². The van der Waals surface area contributed by atoms with Gasteiger partial charge in [-0.2, -0.15) is 0 Å². The zero-order valence-corrected chi connectivity index (χ0v) is 14.7. The van der Waals surface area contributed by atoms with E-state index in [1.54, 1.807) is 18.2 Å². The van der Waals surface area contributed by atoms with Gasteiger partial charge in [-0.15, -0.1) is 0 Å². The predicted molar refractivity (Wildman–Crippen MR) is 91.8 cm³/mol. The molecule has 136 valence electrons. The average Bonchev–Trinajstić information content (AvgIpc) is 2.63. The summed E-state index contributed by atoms with van der Waals surface area (Å²) in [4.78, 5) is 24.2. The molecular weight excluding hydrogens is 322 g/mol. The summed E-state index contributed by atoms with van der Waals surface area (Å²) in [5.74, 6) is 1.37. The average molecular weight is 347 g/mol. The molecule has 1 heterocycles. The summed E-state index contributed by atoms with van der Waals surface area (Å²) >= 11 is 0. The van der Waals surface area contributed by atoms with Gasteiger partial charge in [0.2, 0.25) is 0 Å². The summed E-state index contributed by atoms with van der Waals surface area (Å²) in [6, 6.07) is 5.03. The molecule has 1 N–H and O–H groups in total. The highest BCUT2D eigenvalue weighted by Crippen LogP contribution is 2.31. The summed E-state index contributed by atoms with van der Waals surface area (Å²) in [5, 5.41) is 2.99. The van der Waals surface area contributed by atoms with Gasteiger partial charge < -0.3 is 19.5 Å². The van der Waals surface area contributed by atoms with Crippen LogP contribution in [0.3, 0.4) is 0 Å². The van der Waals surface area contributed by atoms with Crippen molar-refractivity contribution in [2.24, 2.45) is 11.8 Å². The lowest BCUT2D eigenvalue weighted by Crippen LogP contribution is -2.45. The standard InChI is InChI=1S/C19H25NO5/c1-12-4-3-5-15(13(12)2)20-18(21)11-25-19(22)14-6-7-16-17(10-14)24-9-8-23-16/h6-7,10,12-13,15H,3-5,8-9,11H2,1-2H3,(H,20,21)/t12-,13-,15-/m1/s1. The molecule has 1 aromatic rings. The summed E-state index contributed by atoms with van der Waals surface area (Å²) in [5.41, 5.74) is 0.344. The molecule has 1 aromatic carbocycles. The van der Waals surface area contributed by atoms with Gasteiger partial charge >= 0.3 is 5.97 Å². The van der Waals surface area contributed by atoms with E-state index in [2.05, 4.69) is 19.2 Å². The van der Waals surface area contributed by atoms with Crippen molar-refractivity contribution in [2.45, 2.75) is 39.2 Å². The Morgan fingerprint density at radius 3 is 2.72 bits per heavy atom. The molecule has 0 spiro atoms. The summed E-state index contributed by atoms with van der Waals surface area (Å²) < 4.78 is 16.0. The van der Waals surface area contributed by atoms with E-state index in [9.17, 15) is 9.59 Å². The molecule has 0 bridgehead atoms. The quantitative estimate of drug-likeness (QED) is 0.848. The van der Waals surface area contributed by atoms with E-state index in [1.807, 2.05) is 0 Å². The number of rotatable bonds is 4. The molecule has 2 aliphatic rings. The first kappa shape index (κ1) is 17.6. The number of fused-ring (bicyclic) bond motifs is 1. The van der Waals surface area contributed by atoms with Crippen LogP contribution in [0.25, 0.3) is 0 Å². The van der Waals surface area contributed by atoms with Gasteiger partial charge in [0.05, 0.1) is 5.56 Å². The molecule has 0 aromatic heterocycles. The lowest BCUT2D eigenvalue weighted by molar-refractivity contribution is -0.125. The molecular formula is C19H25NO5. The second kappa shape index (κ2) is 7.76. The Bertz CT molecular complexity index is 645. The van der Waals surface area contributed by atoms with Gasteiger partial charge in [-0.3, -0.25) is 4.79 Å². The van der Waals surface area contributed by atoms with Crippen molar-refractivity contribution in [2.75, 3.05) is 19.8 Å². The van der Waals surface area contributed by atoms with Crippen LogP contribution in [0.15, 0.2) is 18.2 Å². The zero-order chi connectivity index (χ0) is 17.8. The first-order valence-electron chi connectivity index (χ1n) is 8.90. The molecule has 1 aliphatic heterocycles. The fraction of sp³-hybridized carbons (Fsp3) is 0.579. The SMILES string of the molecule is C[C@@H]1[C@H](C)CCC[C@H]1NC(=O)COC(=O)c1ccc2c(c1)OCCO2.